The normalized spacial score (nSPS) is 14.5. The summed E-state index contributed by atoms with van der Waals surface area (Å²) in [4.78, 5) is 16.9. The van der Waals surface area contributed by atoms with Crippen molar-refractivity contribution in [3.05, 3.63) is 79.0 Å². The van der Waals surface area contributed by atoms with Gasteiger partial charge < -0.3 is 5.11 Å². The fourth-order valence-electron chi connectivity index (χ4n) is 3.04. The van der Waals surface area contributed by atoms with Gasteiger partial charge in [-0.05, 0) is 31.2 Å². The van der Waals surface area contributed by atoms with E-state index in [2.05, 4.69) is 4.99 Å². The molecule has 0 fully saturated rings. The molecule has 2 heterocycles. The number of aromatic hydroxyl groups is 1. The molecule has 0 bridgehead atoms. The first-order valence-corrected chi connectivity index (χ1v) is 9.37. The van der Waals surface area contributed by atoms with Crippen LogP contribution in [0.3, 0.4) is 0 Å². The molecule has 0 unspecified atom stereocenters. The molecule has 1 N–H and O–H groups in total. The molecular formula is C20H14ClFN2O2S. The van der Waals surface area contributed by atoms with E-state index in [-0.39, 0.29) is 27.9 Å². The van der Waals surface area contributed by atoms with Gasteiger partial charge in [0, 0.05) is 27.4 Å². The molecule has 0 radical (unpaired) electrons. The Labute approximate surface area is 163 Å². The maximum absolute atomic E-state index is 14.0. The number of para-hydroxylation sites is 1. The van der Waals surface area contributed by atoms with Crippen LogP contribution in [0.4, 0.5) is 10.1 Å². The molecular weight excluding hydrogens is 387 g/mol. The zero-order valence-corrected chi connectivity index (χ0v) is 15.8. The fourth-order valence-corrected chi connectivity index (χ4v) is 4.09. The Morgan fingerprint density at radius 3 is 2.81 bits per heavy atom. The third-order valence-electron chi connectivity index (χ3n) is 4.42. The first-order valence-electron chi connectivity index (χ1n) is 8.18. The van der Waals surface area contributed by atoms with E-state index < -0.39 is 5.82 Å². The van der Waals surface area contributed by atoms with Crippen molar-refractivity contribution in [2.75, 3.05) is 0 Å². The van der Waals surface area contributed by atoms with Crippen molar-refractivity contribution < 1.29 is 9.50 Å². The van der Waals surface area contributed by atoms with Crippen molar-refractivity contribution in [1.29, 1.82) is 0 Å². The van der Waals surface area contributed by atoms with Crippen molar-refractivity contribution in [3.8, 4) is 5.88 Å². The summed E-state index contributed by atoms with van der Waals surface area (Å²) < 4.78 is 15.2. The predicted molar refractivity (Wildman–Crippen MR) is 108 cm³/mol. The second-order valence-corrected chi connectivity index (χ2v) is 7.51. The molecule has 0 spiro atoms. The predicted octanol–water partition coefficient (Wildman–Crippen LogP) is 5.10. The molecule has 0 atom stereocenters. The third-order valence-corrected chi connectivity index (χ3v) is 5.69. The summed E-state index contributed by atoms with van der Waals surface area (Å²) in [5, 5.41) is 10.8. The second kappa shape index (κ2) is 6.79. The SMILES string of the molecule is CC1=Nc2ccccc2/C1=C\c1sc(=O)n(Cc2c(F)cccc2Cl)c1O. The number of fused-ring (bicyclic) bond motifs is 1. The van der Waals surface area contributed by atoms with Gasteiger partial charge >= 0.3 is 4.87 Å². The Morgan fingerprint density at radius 1 is 1.26 bits per heavy atom. The van der Waals surface area contributed by atoms with E-state index in [0.717, 1.165) is 38.4 Å². The van der Waals surface area contributed by atoms with E-state index in [9.17, 15) is 14.3 Å². The van der Waals surface area contributed by atoms with E-state index in [1.54, 1.807) is 12.1 Å². The van der Waals surface area contributed by atoms with Gasteiger partial charge in [-0.3, -0.25) is 14.4 Å². The number of benzene rings is 2. The largest absolute Gasteiger partial charge is 0.493 e. The third kappa shape index (κ3) is 3.11. The molecule has 0 saturated heterocycles. The van der Waals surface area contributed by atoms with Gasteiger partial charge in [-0.1, -0.05) is 47.2 Å². The van der Waals surface area contributed by atoms with Gasteiger partial charge in [0.15, 0.2) is 0 Å². The Balaban J connectivity index is 1.77. The van der Waals surface area contributed by atoms with Gasteiger partial charge in [0.05, 0.1) is 17.1 Å². The number of nitrogens with zero attached hydrogens (tertiary/aromatic N) is 2. The number of hydrogen-bond donors (Lipinski definition) is 1. The summed E-state index contributed by atoms with van der Waals surface area (Å²) in [5.74, 6) is -0.735. The lowest BCUT2D eigenvalue weighted by atomic mass is 10.0. The summed E-state index contributed by atoms with van der Waals surface area (Å²) in [7, 11) is 0. The van der Waals surface area contributed by atoms with Crippen LogP contribution in [0, 0.1) is 5.82 Å². The van der Waals surface area contributed by atoms with Crippen molar-refractivity contribution in [2.45, 2.75) is 13.5 Å². The molecule has 4 nitrogen and oxygen atoms in total. The van der Waals surface area contributed by atoms with Crippen LogP contribution in [0.2, 0.25) is 5.02 Å². The van der Waals surface area contributed by atoms with Crippen molar-refractivity contribution in [1.82, 2.24) is 4.57 Å². The summed E-state index contributed by atoms with van der Waals surface area (Å²) in [5.41, 5.74) is 3.61. The average Bonchev–Trinajstić information content (AvgIpc) is 3.09. The fraction of sp³-hybridized carbons (Fsp3) is 0.100. The minimum atomic E-state index is -0.521. The Hall–Kier alpha value is -2.70. The van der Waals surface area contributed by atoms with Gasteiger partial charge in [-0.15, -0.1) is 0 Å². The van der Waals surface area contributed by atoms with Crippen LogP contribution in [0.15, 0.2) is 52.3 Å². The Bertz CT molecular complexity index is 1160. The highest BCUT2D eigenvalue weighted by Crippen LogP contribution is 2.37. The maximum atomic E-state index is 14.0. The molecule has 4 rings (SSSR count). The molecule has 136 valence electrons. The molecule has 2 aromatic carbocycles. The van der Waals surface area contributed by atoms with E-state index in [1.807, 2.05) is 31.2 Å². The van der Waals surface area contributed by atoms with Crippen LogP contribution in [-0.4, -0.2) is 15.4 Å². The zero-order valence-electron chi connectivity index (χ0n) is 14.2. The topological polar surface area (TPSA) is 54.6 Å². The van der Waals surface area contributed by atoms with Gasteiger partial charge in [-0.2, -0.15) is 0 Å². The van der Waals surface area contributed by atoms with Gasteiger partial charge in [0.1, 0.15) is 5.82 Å². The van der Waals surface area contributed by atoms with Crippen LogP contribution >= 0.6 is 22.9 Å². The maximum Gasteiger partial charge on any atom is 0.310 e. The average molecular weight is 401 g/mol. The lowest BCUT2D eigenvalue weighted by Crippen LogP contribution is -2.14. The minimum absolute atomic E-state index is 0.139. The van der Waals surface area contributed by atoms with Gasteiger partial charge in [0.25, 0.3) is 0 Å². The number of hydrogen-bond acceptors (Lipinski definition) is 4. The lowest BCUT2D eigenvalue weighted by Gasteiger charge is -2.07. The first kappa shape index (κ1) is 17.7. The molecule has 1 aromatic heterocycles. The summed E-state index contributed by atoms with van der Waals surface area (Å²) in [6.45, 7) is 1.74. The molecule has 3 aromatic rings. The molecule has 0 saturated carbocycles. The van der Waals surface area contributed by atoms with Gasteiger partial charge in [0.2, 0.25) is 5.88 Å². The van der Waals surface area contributed by atoms with Crippen molar-refractivity contribution in [2.24, 2.45) is 4.99 Å². The highest BCUT2D eigenvalue weighted by molar-refractivity contribution is 7.10. The first-order chi connectivity index (χ1) is 13.0. The van der Waals surface area contributed by atoms with Crippen LogP contribution in [0.25, 0.3) is 11.6 Å². The number of halogens is 2. The Kier molecular flexibility index (Phi) is 4.45. The summed E-state index contributed by atoms with van der Waals surface area (Å²) in [6, 6.07) is 12.0. The second-order valence-electron chi connectivity index (χ2n) is 6.11. The number of aromatic nitrogens is 1. The zero-order chi connectivity index (χ0) is 19.1. The van der Waals surface area contributed by atoms with E-state index >= 15 is 0 Å². The molecule has 27 heavy (non-hydrogen) atoms. The molecule has 7 heteroatoms. The Morgan fingerprint density at radius 2 is 2.04 bits per heavy atom. The molecule has 1 aliphatic heterocycles. The number of allylic oxidation sites excluding steroid dienone is 1. The molecule has 1 aliphatic rings. The highest BCUT2D eigenvalue weighted by atomic mass is 35.5. The van der Waals surface area contributed by atoms with Crippen LogP contribution in [-0.2, 0) is 6.54 Å². The van der Waals surface area contributed by atoms with Crippen LogP contribution in [0.5, 0.6) is 5.88 Å². The van der Waals surface area contributed by atoms with Crippen molar-refractivity contribution in [3.63, 3.8) is 0 Å². The summed E-state index contributed by atoms with van der Waals surface area (Å²) >= 11 is 6.94. The van der Waals surface area contributed by atoms with Crippen LogP contribution in [0.1, 0.15) is 22.9 Å². The minimum Gasteiger partial charge on any atom is -0.493 e. The van der Waals surface area contributed by atoms with E-state index in [1.165, 1.54) is 12.1 Å². The van der Waals surface area contributed by atoms with E-state index in [4.69, 9.17) is 11.6 Å². The number of rotatable bonds is 3. The quantitative estimate of drug-likeness (QED) is 0.664. The van der Waals surface area contributed by atoms with Crippen LogP contribution < -0.4 is 4.87 Å². The standard InChI is InChI=1S/C20H14ClFN2O2S/c1-11-13(12-5-2-3-8-17(12)23-11)9-18-19(25)24(20(26)27-18)10-14-15(21)6-4-7-16(14)22/h2-9,25H,10H2,1H3/b13-9-. The number of aliphatic imine (C=N–C) groups is 1. The van der Waals surface area contributed by atoms with Gasteiger partial charge in [-0.25, -0.2) is 4.39 Å². The monoisotopic (exact) mass is 400 g/mol. The van der Waals surface area contributed by atoms with E-state index in [0.29, 0.717) is 4.88 Å². The summed E-state index contributed by atoms with van der Waals surface area (Å²) in [6.07, 6.45) is 1.74. The smallest absolute Gasteiger partial charge is 0.310 e. The lowest BCUT2D eigenvalue weighted by molar-refractivity contribution is 0.418. The molecule has 0 aliphatic carbocycles. The highest BCUT2D eigenvalue weighted by Gasteiger charge is 2.20. The molecule has 0 amide bonds. The number of thiazole rings is 1. The van der Waals surface area contributed by atoms with Crippen molar-refractivity contribution >= 4 is 46.0 Å².